The highest BCUT2D eigenvalue weighted by Crippen LogP contribution is 2.27. The number of hydrogen-bond acceptors (Lipinski definition) is 7. The van der Waals surface area contributed by atoms with E-state index < -0.39 is 0 Å². The Morgan fingerprint density at radius 2 is 2.04 bits per heavy atom. The molecule has 0 saturated heterocycles. The van der Waals surface area contributed by atoms with Crippen LogP contribution in [0, 0.1) is 5.41 Å². The maximum atomic E-state index is 10.7. The van der Waals surface area contributed by atoms with Gasteiger partial charge >= 0.3 is 0 Å². The Hall–Kier alpha value is -3.66. The van der Waals surface area contributed by atoms with E-state index in [4.69, 9.17) is 5.41 Å². The lowest BCUT2D eigenvalue weighted by Gasteiger charge is -2.09. The Morgan fingerprint density at radius 1 is 1.14 bits per heavy atom. The van der Waals surface area contributed by atoms with Gasteiger partial charge in [-0.2, -0.15) is 5.10 Å². The first-order valence-corrected chi connectivity index (χ1v) is 9.09. The highest BCUT2D eigenvalue weighted by Gasteiger charge is 2.09. The molecule has 0 fully saturated rings. The Bertz CT molecular complexity index is 1170. The van der Waals surface area contributed by atoms with Gasteiger partial charge in [-0.05, 0) is 18.2 Å². The molecule has 28 heavy (non-hydrogen) atoms. The first-order valence-electron chi connectivity index (χ1n) is 8.27. The van der Waals surface area contributed by atoms with Crippen molar-refractivity contribution in [3.63, 3.8) is 0 Å². The second kappa shape index (κ2) is 7.53. The number of fused-ring (bicyclic) bond motifs is 1. The minimum atomic E-state index is 0.466. The highest BCUT2D eigenvalue weighted by molar-refractivity contribution is 8.00. The number of carbonyl (C=O) groups excluding carboxylic acids is 1. The average Bonchev–Trinajstić information content (AvgIpc) is 3.32. The predicted octanol–water partition coefficient (Wildman–Crippen LogP) is 2.81. The van der Waals surface area contributed by atoms with Gasteiger partial charge in [0.15, 0.2) is 0 Å². The summed E-state index contributed by atoms with van der Waals surface area (Å²) in [6, 6.07) is 5.68. The van der Waals surface area contributed by atoms with Gasteiger partial charge in [0.1, 0.15) is 16.4 Å². The molecule has 4 aromatic rings. The number of imidazole rings is 1. The van der Waals surface area contributed by atoms with E-state index in [1.165, 1.54) is 18.1 Å². The lowest BCUT2D eigenvalue weighted by Crippen LogP contribution is -2.01. The molecule has 0 aliphatic heterocycles. The molecule has 0 saturated carbocycles. The summed E-state index contributed by atoms with van der Waals surface area (Å²) in [5.41, 5.74) is 4.49. The van der Waals surface area contributed by atoms with Crippen molar-refractivity contribution in [2.45, 2.75) is 5.03 Å². The van der Waals surface area contributed by atoms with E-state index in [1.54, 1.807) is 16.9 Å². The summed E-state index contributed by atoms with van der Waals surface area (Å²) in [5.74, 6) is 0. The van der Waals surface area contributed by atoms with Gasteiger partial charge in [0.2, 0.25) is 6.41 Å². The van der Waals surface area contributed by atoms with Crippen molar-refractivity contribution < 1.29 is 4.79 Å². The molecule has 4 aromatic heterocycles. The molecule has 0 unspecified atom stereocenters. The van der Waals surface area contributed by atoms with Crippen molar-refractivity contribution in [3.05, 3.63) is 54.9 Å². The van der Waals surface area contributed by atoms with E-state index in [0.717, 1.165) is 28.0 Å². The van der Waals surface area contributed by atoms with E-state index in [0.29, 0.717) is 23.5 Å². The molecule has 1 amide bonds. The third-order valence-corrected chi connectivity index (χ3v) is 4.89. The number of rotatable bonds is 7. The Morgan fingerprint density at radius 3 is 2.79 bits per heavy atom. The normalized spacial score (nSPS) is 10.8. The largest absolute Gasteiger partial charge is 0.327 e. The number of carbonyl (C=O) groups is 1. The minimum Gasteiger partial charge on any atom is -0.327 e. The van der Waals surface area contributed by atoms with Crippen LogP contribution in [0.4, 0.5) is 11.4 Å². The SMILES string of the molecule is Cn1cc(-c2ccc3ncc(SNc4cc(NC=O)cnc4C=N)n3c2)cn1. The molecular weight excluding hydrogens is 376 g/mol. The standard InChI is InChI=1S/C18H16N8OS/c1-25-9-13(6-23-25)12-2-3-17-21-8-18(26(17)10-12)28-24-15-4-14(22-11-27)7-20-16(15)5-19/h2-11,19,24H,1H3,(H,22,27). The van der Waals surface area contributed by atoms with Crippen molar-refractivity contribution in [1.82, 2.24) is 24.1 Å². The number of aromatic nitrogens is 5. The summed E-state index contributed by atoms with van der Waals surface area (Å²) in [7, 11) is 1.88. The third-order valence-electron chi connectivity index (χ3n) is 4.06. The zero-order valence-corrected chi connectivity index (χ0v) is 15.6. The molecule has 9 nitrogen and oxygen atoms in total. The third kappa shape index (κ3) is 3.45. The van der Waals surface area contributed by atoms with E-state index in [1.807, 2.05) is 42.2 Å². The molecule has 0 radical (unpaired) electrons. The lowest BCUT2D eigenvalue weighted by molar-refractivity contribution is -0.105. The number of hydrogen-bond donors (Lipinski definition) is 3. The second-order valence-corrected chi connectivity index (χ2v) is 6.74. The van der Waals surface area contributed by atoms with Crippen LogP contribution in [0.5, 0.6) is 0 Å². The topological polar surface area (TPSA) is 113 Å². The molecule has 0 aliphatic rings. The van der Waals surface area contributed by atoms with Crippen molar-refractivity contribution in [2.75, 3.05) is 10.0 Å². The van der Waals surface area contributed by atoms with Gasteiger partial charge in [0.05, 0.1) is 30.0 Å². The van der Waals surface area contributed by atoms with Crippen molar-refractivity contribution >= 4 is 41.6 Å². The maximum absolute atomic E-state index is 10.7. The van der Waals surface area contributed by atoms with E-state index in [-0.39, 0.29) is 0 Å². The van der Waals surface area contributed by atoms with Crippen molar-refractivity contribution in [1.29, 1.82) is 5.41 Å². The van der Waals surface area contributed by atoms with E-state index in [2.05, 4.69) is 25.1 Å². The summed E-state index contributed by atoms with van der Waals surface area (Å²) in [4.78, 5) is 19.2. The Labute approximate surface area is 164 Å². The van der Waals surface area contributed by atoms with Crippen LogP contribution in [0.25, 0.3) is 16.8 Å². The van der Waals surface area contributed by atoms with Crippen LogP contribution in [-0.2, 0) is 11.8 Å². The summed E-state index contributed by atoms with van der Waals surface area (Å²) < 4.78 is 6.93. The molecule has 0 bridgehead atoms. The predicted molar refractivity (Wildman–Crippen MR) is 109 cm³/mol. The van der Waals surface area contributed by atoms with Gasteiger partial charge in [0.25, 0.3) is 0 Å². The van der Waals surface area contributed by atoms with Crippen LogP contribution in [-0.4, -0.2) is 36.8 Å². The fourth-order valence-electron chi connectivity index (χ4n) is 2.70. The zero-order chi connectivity index (χ0) is 19.5. The number of aryl methyl sites for hydroxylation is 1. The van der Waals surface area contributed by atoms with Crippen LogP contribution in [0.15, 0.2) is 54.2 Å². The fourth-order valence-corrected chi connectivity index (χ4v) is 3.43. The summed E-state index contributed by atoms with van der Waals surface area (Å²) in [5, 5.41) is 15.2. The van der Waals surface area contributed by atoms with Gasteiger partial charge in [-0.25, -0.2) is 4.98 Å². The Kier molecular flexibility index (Phi) is 4.77. The monoisotopic (exact) mass is 392 g/mol. The van der Waals surface area contributed by atoms with Crippen LogP contribution in [0.3, 0.4) is 0 Å². The van der Waals surface area contributed by atoms with Crippen LogP contribution in [0.1, 0.15) is 5.69 Å². The molecule has 0 aromatic carbocycles. The van der Waals surface area contributed by atoms with E-state index in [9.17, 15) is 4.79 Å². The van der Waals surface area contributed by atoms with Gasteiger partial charge in [-0.1, -0.05) is 0 Å². The zero-order valence-electron chi connectivity index (χ0n) is 14.8. The number of nitrogens with zero attached hydrogens (tertiary/aromatic N) is 5. The molecule has 10 heteroatoms. The smallest absolute Gasteiger partial charge is 0.211 e. The molecule has 140 valence electrons. The quantitative estimate of drug-likeness (QED) is 0.253. The number of amides is 1. The molecule has 4 rings (SSSR count). The molecule has 0 spiro atoms. The van der Waals surface area contributed by atoms with Gasteiger partial charge in [-0.15, -0.1) is 0 Å². The van der Waals surface area contributed by atoms with Crippen molar-refractivity contribution in [2.24, 2.45) is 7.05 Å². The first kappa shape index (κ1) is 17.7. The summed E-state index contributed by atoms with van der Waals surface area (Å²) in [6.07, 6.45) is 10.8. The average molecular weight is 392 g/mol. The molecular formula is C18H16N8OS. The number of anilines is 2. The molecule has 4 heterocycles. The molecule has 0 atom stereocenters. The summed E-state index contributed by atoms with van der Waals surface area (Å²) >= 11 is 1.35. The van der Waals surface area contributed by atoms with Crippen molar-refractivity contribution in [3.8, 4) is 11.1 Å². The number of nitrogens with one attached hydrogen (secondary N) is 3. The van der Waals surface area contributed by atoms with E-state index >= 15 is 0 Å². The highest BCUT2D eigenvalue weighted by atomic mass is 32.2. The Balaban J connectivity index is 1.62. The van der Waals surface area contributed by atoms with Gasteiger partial charge in [0, 0.05) is 48.7 Å². The number of pyridine rings is 2. The minimum absolute atomic E-state index is 0.466. The van der Waals surface area contributed by atoms with Crippen LogP contribution in [0.2, 0.25) is 0 Å². The summed E-state index contributed by atoms with van der Waals surface area (Å²) in [6.45, 7) is 0. The van der Waals surface area contributed by atoms with Gasteiger partial charge in [-0.3, -0.25) is 18.9 Å². The maximum Gasteiger partial charge on any atom is 0.211 e. The van der Waals surface area contributed by atoms with Gasteiger partial charge < -0.3 is 15.4 Å². The molecule has 0 aliphatic carbocycles. The molecule has 3 N–H and O–H groups in total. The van der Waals surface area contributed by atoms with Crippen LogP contribution >= 0.6 is 11.9 Å². The van der Waals surface area contributed by atoms with Crippen LogP contribution < -0.4 is 10.0 Å². The first-order chi connectivity index (χ1) is 13.7. The fraction of sp³-hybridized carbons (Fsp3) is 0.0556. The second-order valence-electron chi connectivity index (χ2n) is 5.91. The lowest BCUT2D eigenvalue weighted by atomic mass is 10.2.